The Balaban J connectivity index is 2.55. The SMILES string of the molecule is C[n+]1cc(-c2ccc(S(C)(=O)=O)[n+](C)c2)ccc1S(C)(=O)=O. The first-order valence-corrected chi connectivity index (χ1v) is 10.2. The Bertz CT molecular complexity index is 869. The van der Waals surface area contributed by atoms with Crippen LogP contribution in [0.25, 0.3) is 11.1 Å². The zero-order chi connectivity index (χ0) is 16.7. The normalized spacial score (nSPS) is 12.4. The smallest absolute Gasteiger partial charge is 0.218 e. The van der Waals surface area contributed by atoms with E-state index in [0.29, 0.717) is 0 Å². The number of hydrogen-bond acceptors (Lipinski definition) is 4. The topological polar surface area (TPSA) is 76.0 Å². The summed E-state index contributed by atoms with van der Waals surface area (Å²) in [5.74, 6) is 0. The Morgan fingerprint density at radius 3 is 1.23 bits per heavy atom. The molecule has 0 saturated heterocycles. The van der Waals surface area contributed by atoms with Crippen LogP contribution >= 0.6 is 0 Å². The molecule has 0 unspecified atom stereocenters. The molecule has 8 heteroatoms. The van der Waals surface area contributed by atoms with E-state index in [0.717, 1.165) is 23.6 Å². The average Bonchev–Trinajstić information content (AvgIpc) is 2.35. The van der Waals surface area contributed by atoms with E-state index in [1.807, 2.05) is 0 Å². The number of rotatable bonds is 3. The summed E-state index contributed by atoms with van der Waals surface area (Å²) < 4.78 is 49.5. The van der Waals surface area contributed by atoms with Crippen molar-refractivity contribution in [1.29, 1.82) is 0 Å². The summed E-state index contributed by atoms with van der Waals surface area (Å²) in [5, 5.41) is 0.432. The molecule has 0 aliphatic carbocycles. The van der Waals surface area contributed by atoms with E-state index >= 15 is 0 Å². The third-order valence-electron chi connectivity index (χ3n) is 3.26. The summed E-state index contributed by atoms with van der Waals surface area (Å²) in [6.45, 7) is 0. The minimum atomic E-state index is -3.29. The molecule has 6 nitrogen and oxygen atoms in total. The van der Waals surface area contributed by atoms with Crippen LogP contribution < -0.4 is 9.13 Å². The van der Waals surface area contributed by atoms with E-state index in [2.05, 4.69) is 0 Å². The van der Waals surface area contributed by atoms with Crippen molar-refractivity contribution >= 4 is 19.7 Å². The van der Waals surface area contributed by atoms with Gasteiger partial charge in [-0.3, -0.25) is 0 Å². The molecule has 0 N–H and O–H groups in total. The van der Waals surface area contributed by atoms with Crippen LogP contribution in [0.5, 0.6) is 0 Å². The Hall–Kier alpha value is -1.80. The van der Waals surface area contributed by atoms with Gasteiger partial charge in [-0.15, -0.1) is 0 Å². The summed E-state index contributed by atoms with van der Waals surface area (Å²) in [7, 11) is -3.26. The lowest BCUT2D eigenvalue weighted by Gasteiger charge is -2.03. The molecular weight excluding hydrogens is 324 g/mol. The van der Waals surface area contributed by atoms with E-state index in [-0.39, 0.29) is 10.1 Å². The van der Waals surface area contributed by atoms with Gasteiger partial charge < -0.3 is 0 Å². The summed E-state index contributed by atoms with van der Waals surface area (Å²) in [5.41, 5.74) is 1.59. The van der Waals surface area contributed by atoms with Crippen LogP contribution in [0.2, 0.25) is 0 Å². The number of aromatic nitrogens is 2. The number of aryl methyl sites for hydroxylation is 2. The molecule has 2 aromatic heterocycles. The van der Waals surface area contributed by atoms with E-state index in [1.54, 1.807) is 38.6 Å². The second kappa shape index (κ2) is 5.44. The Kier molecular flexibility index (Phi) is 4.09. The van der Waals surface area contributed by atoms with Gasteiger partial charge >= 0.3 is 0 Å². The lowest BCUT2D eigenvalue weighted by molar-refractivity contribution is -0.710. The van der Waals surface area contributed by atoms with Crippen LogP contribution in [0.1, 0.15) is 0 Å². The molecule has 0 radical (unpaired) electrons. The molecule has 0 spiro atoms. The number of nitrogens with zero attached hydrogens (tertiary/aromatic N) is 2. The lowest BCUT2D eigenvalue weighted by Crippen LogP contribution is -2.36. The van der Waals surface area contributed by atoms with Crippen molar-refractivity contribution in [2.75, 3.05) is 12.5 Å². The van der Waals surface area contributed by atoms with Crippen LogP contribution in [0, 0.1) is 0 Å². The molecule has 0 aliphatic heterocycles. The van der Waals surface area contributed by atoms with Gasteiger partial charge in [-0.1, -0.05) is 0 Å². The zero-order valence-corrected chi connectivity index (χ0v) is 14.4. The molecule has 0 aliphatic rings. The highest BCUT2D eigenvalue weighted by Gasteiger charge is 2.22. The summed E-state index contributed by atoms with van der Waals surface area (Å²) in [6, 6.07) is 6.47. The van der Waals surface area contributed by atoms with Crippen LogP contribution in [-0.2, 0) is 33.8 Å². The van der Waals surface area contributed by atoms with Gasteiger partial charge in [0.1, 0.15) is 14.1 Å². The van der Waals surface area contributed by atoms with E-state index in [9.17, 15) is 16.8 Å². The highest BCUT2D eigenvalue weighted by Crippen LogP contribution is 2.18. The van der Waals surface area contributed by atoms with Crippen molar-refractivity contribution in [1.82, 2.24) is 0 Å². The molecule has 0 fully saturated rings. The van der Waals surface area contributed by atoms with Gasteiger partial charge in [-0.05, 0) is 12.1 Å². The van der Waals surface area contributed by atoms with Crippen LogP contribution in [-0.4, -0.2) is 29.3 Å². The minimum Gasteiger partial charge on any atom is -0.218 e. The third kappa shape index (κ3) is 3.33. The molecule has 0 bridgehead atoms. The first-order valence-electron chi connectivity index (χ1n) is 6.40. The summed E-state index contributed by atoms with van der Waals surface area (Å²) in [6.07, 6.45) is 5.71. The van der Waals surface area contributed by atoms with Gasteiger partial charge in [0, 0.05) is 24.6 Å². The number of pyridine rings is 2. The molecule has 0 aromatic carbocycles. The molecule has 2 rings (SSSR count). The highest BCUT2D eigenvalue weighted by atomic mass is 32.2. The van der Waals surface area contributed by atoms with Gasteiger partial charge in [0.05, 0.1) is 11.1 Å². The van der Waals surface area contributed by atoms with Gasteiger partial charge in [-0.2, -0.15) is 9.13 Å². The van der Waals surface area contributed by atoms with Crippen LogP contribution in [0.15, 0.2) is 46.7 Å². The van der Waals surface area contributed by atoms with Crippen molar-refractivity contribution in [2.45, 2.75) is 10.1 Å². The van der Waals surface area contributed by atoms with Crippen LogP contribution in [0.3, 0.4) is 0 Å². The first kappa shape index (κ1) is 16.6. The maximum atomic E-state index is 11.6. The van der Waals surface area contributed by atoms with Crippen molar-refractivity contribution in [3.63, 3.8) is 0 Å². The molecular formula is C14H18N2O4S2+2. The monoisotopic (exact) mass is 342 g/mol. The maximum absolute atomic E-state index is 11.6. The number of sulfone groups is 2. The highest BCUT2D eigenvalue weighted by molar-refractivity contribution is 7.90. The minimum absolute atomic E-state index is 0.216. The molecule has 22 heavy (non-hydrogen) atoms. The molecule has 2 aromatic rings. The summed E-state index contributed by atoms with van der Waals surface area (Å²) in [4.78, 5) is 0. The van der Waals surface area contributed by atoms with Crippen molar-refractivity contribution < 1.29 is 26.0 Å². The number of hydrogen-bond donors (Lipinski definition) is 0. The first-order chi connectivity index (χ1) is 10.00. The third-order valence-corrected chi connectivity index (χ3v) is 5.63. The van der Waals surface area contributed by atoms with Gasteiger partial charge in [0.15, 0.2) is 12.4 Å². The second-order valence-corrected chi connectivity index (χ2v) is 9.20. The summed E-state index contributed by atoms with van der Waals surface area (Å²) >= 11 is 0. The predicted molar refractivity (Wildman–Crippen MR) is 80.4 cm³/mol. The average molecular weight is 342 g/mol. The van der Waals surface area contributed by atoms with Crippen molar-refractivity contribution in [3.05, 3.63) is 36.7 Å². The fourth-order valence-electron chi connectivity index (χ4n) is 2.30. The molecule has 118 valence electrons. The standard InChI is InChI=1S/C14H18N2O4S2/c1-15-9-11(5-7-13(15)21(3,17)18)12-6-8-14(16(2)10-12)22(4,19)20/h5-10H,1-4H3/q+2. The van der Waals surface area contributed by atoms with Crippen molar-refractivity contribution in [2.24, 2.45) is 14.1 Å². The van der Waals surface area contributed by atoms with Crippen LogP contribution in [0.4, 0.5) is 0 Å². The Labute approximate surface area is 130 Å². The predicted octanol–water partition coefficient (Wildman–Crippen LogP) is -0.190. The Morgan fingerprint density at radius 2 is 1.00 bits per heavy atom. The fourth-order valence-corrected chi connectivity index (χ4v) is 4.08. The fraction of sp³-hybridized carbons (Fsp3) is 0.286. The van der Waals surface area contributed by atoms with Crippen molar-refractivity contribution in [3.8, 4) is 11.1 Å². The van der Waals surface area contributed by atoms with E-state index < -0.39 is 19.7 Å². The quantitative estimate of drug-likeness (QED) is 0.725. The maximum Gasteiger partial charge on any atom is 0.296 e. The largest absolute Gasteiger partial charge is 0.296 e. The van der Waals surface area contributed by atoms with Gasteiger partial charge in [-0.25, -0.2) is 16.8 Å². The molecule has 2 heterocycles. The lowest BCUT2D eigenvalue weighted by atomic mass is 10.1. The van der Waals surface area contributed by atoms with Gasteiger partial charge in [0.2, 0.25) is 19.7 Å². The zero-order valence-electron chi connectivity index (χ0n) is 12.8. The molecule has 0 saturated carbocycles. The van der Waals surface area contributed by atoms with E-state index in [4.69, 9.17) is 0 Å². The second-order valence-electron chi connectivity index (χ2n) is 5.28. The van der Waals surface area contributed by atoms with E-state index in [1.165, 1.54) is 21.3 Å². The molecule has 0 amide bonds. The molecule has 0 atom stereocenters. The van der Waals surface area contributed by atoms with Gasteiger partial charge in [0.25, 0.3) is 10.1 Å². The Morgan fingerprint density at radius 1 is 0.682 bits per heavy atom.